The Morgan fingerprint density at radius 3 is 2.29 bits per heavy atom. The summed E-state index contributed by atoms with van der Waals surface area (Å²) in [5, 5.41) is 20.7. The molecule has 0 aromatic heterocycles. The van der Waals surface area contributed by atoms with Gasteiger partial charge in [0.2, 0.25) is 5.91 Å². The van der Waals surface area contributed by atoms with E-state index in [4.69, 9.17) is 5.11 Å². The molecule has 0 fully saturated rings. The zero-order chi connectivity index (χ0) is 16.0. The number of carboxylic acid groups (broad SMARTS) is 1. The Bertz CT molecular complexity index is 492. The van der Waals surface area contributed by atoms with Crippen LogP contribution in [0.3, 0.4) is 0 Å². The zero-order valence-corrected chi connectivity index (χ0v) is 12.7. The first kappa shape index (κ1) is 17.2. The molecule has 1 aromatic rings. The largest absolute Gasteiger partial charge is 0.479 e. The number of carbonyl (C=O) groups is 2. The van der Waals surface area contributed by atoms with Crippen LogP contribution in [-0.2, 0) is 16.0 Å². The summed E-state index contributed by atoms with van der Waals surface area (Å²) in [4.78, 5) is 22.3. The van der Waals surface area contributed by atoms with Gasteiger partial charge in [-0.15, -0.1) is 0 Å². The van der Waals surface area contributed by atoms with Crippen LogP contribution in [-0.4, -0.2) is 34.2 Å². The molecule has 5 nitrogen and oxygen atoms in total. The summed E-state index contributed by atoms with van der Waals surface area (Å²) in [6.45, 7) is 5.10. The number of aliphatic hydroxyl groups is 1. The second kappa shape index (κ2) is 7.22. The number of rotatable bonds is 7. The summed E-state index contributed by atoms with van der Waals surface area (Å²) >= 11 is 0. The van der Waals surface area contributed by atoms with Crippen LogP contribution in [0.25, 0.3) is 0 Å². The van der Waals surface area contributed by atoms with Gasteiger partial charge in [-0.25, -0.2) is 4.79 Å². The number of benzene rings is 1. The Morgan fingerprint density at radius 2 is 1.81 bits per heavy atom. The maximum absolute atomic E-state index is 11.6. The predicted octanol–water partition coefficient (Wildman–Crippen LogP) is 1.69. The molecule has 0 saturated heterocycles. The average molecular weight is 293 g/mol. The molecule has 1 aromatic carbocycles. The fourth-order valence-corrected chi connectivity index (χ4v) is 1.76. The number of aliphatic carboxylic acids is 1. The molecule has 0 saturated carbocycles. The third-order valence-electron chi connectivity index (χ3n) is 3.38. The zero-order valence-electron chi connectivity index (χ0n) is 12.7. The lowest BCUT2D eigenvalue weighted by molar-refractivity contribution is -0.156. The Morgan fingerprint density at radius 1 is 1.24 bits per heavy atom. The van der Waals surface area contributed by atoms with Gasteiger partial charge in [-0.3, -0.25) is 4.79 Å². The van der Waals surface area contributed by atoms with E-state index in [-0.39, 0.29) is 18.9 Å². The monoisotopic (exact) mass is 293 g/mol. The number of amides is 1. The predicted molar refractivity (Wildman–Crippen MR) is 80.1 cm³/mol. The van der Waals surface area contributed by atoms with Gasteiger partial charge in [0, 0.05) is 6.42 Å². The highest BCUT2D eigenvalue weighted by Crippen LogP contribution is 2.15. The van der Waals surface area contributed by atoms with Crippen LogP contribution in [0.2, 0.25) is 0 Å². The van der Waals surface area contributed by atoms with Gasteiger partial charge in [-0.05, 0) is 30.4 Å². The number of carbonyl (C=O) groups excluding carboxylic acids is 1. The lowest BCUT2D eigenvalue weighted by Gasteiger charge is -2.18. The molecule has 0 spiro atoms. The standard InChI is InChI=1S/C16H23NO4/c1-11(2)13-7-4-12(5-8-13)6-9-14(18)17-10-16(3,21)15(19)20/h4-5,7-8,11,21H,6,9-10H2,1-3H3,(H,17,18)(H,19,20). The molecule has 0 bridgehead atoms. The molecule has 0 aliphatic heterocycles. The van der Waals surface area contributed by atoms with E-state index >= 15 is 0 Å². The number of carboxylic acids is 1. The second-order valence-electron chi connectivity index (χ2n) is 5.75. The summed E-state index contributed by atoms with van der Waals surface area (Å²) in [5.74, 6) is -1.16. The normalized spacial score (nSPS) is 13.8. The summed E-state index contributed by atoms with van der Waals surface area (Å²) in [5.41, 5.74) is 0.370. The van der Waals surface area contributed by atoms with Gasteiger partial charge in [-0.2, -0.15) is 0 Å². The fraction of sp³-hybridized carbons (Fsp3) is 0.500. The van der Waals surface area contributed by atoms with E-state index in [1.54, 1.807) is 0 Å². The molecule has 1 rings (SSSR count). The Balaban J connectivity index is 2.41. The number of nitrogens with one attached hydrogen (secondary N) is 1. The van der Waals surface area contributed by atoms with Gasteiger partial charge < -0.3 is 15.5 Å². The maximum Gasteiger partial charge on any atom is 0.337 e. The van der Waals surface area contributed by atoms with Crippen molar-refractivity contribution in [3.63, 3.8) is 0 Å². The minimum atomic E-state index is -1.94. The van der Waals surface area contributed by atoms with Crippen molar-refractivity contribution in [3.05, 3.63) is 35.4 Å². The molecule has 0 aliphatic carbocycles. The van der Waals surface area contributed by atoms with Gasteiger partial charge >= 0.3 is 5.97 Å². The summed E-state index contributed by atoms with van der Waals surface area (Å²) < 4.78 is 0. The van der Waals surface area contributed by atoms with Crippen LogP contribution in [0.15, 0.2) is 24.3 Å². The highest BCUT2D eigenvalue weighted by atomic mass is 16.4. The van der Waals surface area contributed by atoms with E-state index in [0.29, 0.717) is 12.3 Å². The lowest BCUT2D eigenvalue weighted by atomic mass is 10.0. The van der Waals surface area contributed by atoms with Gasteiger partial charge in [0.15, 0.2) is 5.60 Å². The lowest BCUT2D eigenvalue weighted by Crippen LogP contribution is -2.46. The minimum Gasteiger partial charge on any atom is -0.479 e. The van der Waals surface area contributed by atoms with Crippen molar-refractivity contribution in [1.29, 1.82) is 0 Å². The first-order valence-corrected chi connectivity index (χ1v) is 7.03. The van der Waals surface area contributed by atoms with Crippen LogP contribution >= 0.6 is 0 Å². The molecule has 0 radical (unpaired) electrons. The number of hydrogen-bond donors (Lipinski definition) is 3. The van der Waals surface area contributed by atoms with E-state index in [1.807, 2.05) is 24.3 Å². The molecule has 1 amide bonds. The van der Waals surface area contributed by atoms with Gasteiger partial charge in [0.25, 0.3) is 0 Å². The Labute approximate surface area is 125 Å². The second-order valence-corrected chi connectivity index (χ2v) is 5.75. The van der Waals surface area contributed by atoms with Crippen molar-refractivity contribution in [2.45, 2.75) is 45.1 Å². The number of hydrogen-bond acceptors (Lipinski definition) is 3. The summed E-state index contributed by atoms with van der Waals surface area (Å²) in [7, 11) is 0. The molecular weight excluding hydrogens is 270 g/mol. The van der Waals surface area contributed by atoms with Crippen molar-refractivity contribution in [3.8, 4) is 0 Å². The quantitative estimate of drug-likeness (QED) is 0.714. The molecule has 5 heteroatoms. The molecule has 1 atom stereocenters. The van der Waals surface area contributed by atoms with Crippen molar-refractivity contribution in [2.75, 3.05) is 6.54 Å². The summed E-state index contributed by atoms with van der Waals surface area (Å²) in [6, 6.07) is 8.09. The fourth-order valence-electron chi connectivity index (χ4n) is 1.76. The highest BCUT2D eigenvalue weighted by Gasteiger charge is 2.30. The molecule has 0 aliphatic rings. The van der Waals surface area contributed by atoms with Crippen molar-refractivity contribution in [1.82, 2.24) is 5.32 Å². The van der Waals surface area contributed by atoms with Gasteiger partial charge in [0.05, 0.1) is 6.54 Å². The Hall–Kier alpha value is -1.88. The van der Waals surface area contributed by atoms with Crippen LogP contribution < -0.4 is 5.32 Å². The van der Waals surface area contributed by atoms with E-state index in [9.17, 15) is 14.7 Å². The number of aryl methyl sites for hydroxylation is 1. The minimum absolute atomic E-state index is 0.261. The van der Waals surface area contributed by atoms with Crippen LogP contribution in [0.1, 0.15) is 44.2 Å². The van der Waals surface area contributed by atoms with Crippen molar-refractivity contribution < 1.29 is 19.8 Å². The topological polar surface area (TPSA) is 86.6 Å². The van der Waals surface area contributed by atoms with Crippen LogP contribution in [0, 0.1) is 0 Å². The van der Waals surface area contributed by atoms with E-state index in [0.717, 1.165) is 12.5 Å². The van der Waals surface area contributed by atoms with Crippen LogP contribution in [0.5, 0.6) is 0 Å². The van der Waals surface area contributed by atoms with Crippen LogP contribution in [0.4, 0.5) is 0 Å². The van der Waals surface area contributed by atoms with Gasteiger partial charge in [-0.1, -0.05) is 38.1 Å². The smallest absolute Gasteiger partial charge is 0.337 e. The first-order valence-electron chi connectivity index (χ1n) is 7.03. The van der Waals surface area contributed by atoms with E-state index in [1.165, 1.54) is 5.56 Å². The third-order valence-corrected chi connectivity index (χ3v) is 3.38. The molecule has 3 N–H and O–H groups in total. The molecule has 1 unspecified atom stereocenters. The Kier molecular flexibility index (Phi) is 5.90. The SMILES string of the molecule is CC(C)c1ccc(CCC(=O)NCC(C)(O)C(=O)O)cc1. The third kappa shape index (κ3) is 5.55. The molecule has 21 heavy (non-hydrogen) atoms. The first-order chi connectivity index (χ1) is 9.72. The summed E-state index contributed by atoms with van der Waals surface area (Å²) in [6.07, 6.45) is 0.843. The van der Waals surface area contributed by atoms with E-state index in [2.05, 4.69) is 19.2 Å². The van der Waals surface area contributed by atoms with Crippen molar-refractivity contribution in [2.24, 2.45) is 0 Å². The van der Waals surface area contributed by atoms with Crippen molar-refractivity contribution >= 4 is 11.9 Å². The van der Waals surface area contributed by atoms with E-state index < -0.39 is 11.6 Å². The van der Waals surface area contributed by atoms with Gasteiger partial charge in [0.1, 0.15) is 0 Å². The highest BCUT2D eigenvalue weighted by molar-refractivity contribution is 5.80. The molecule has 116 valence electrons. The molecule has 0 heterocycles. The molecular formula is C16H23NO4. The average Bonchev–Trinajstić information content (AvgIpc) is 2.43. The maximum atomic E-state index is 11.6.